The Labute approximate surface area is 162 Å². The molecule has 0 bridgehead atoms. The van der Waals surface area contributed by atoms with Gasteiger partial charge in [0.05, 0.1) is 25.3 Å². The summed E-state index contributed by atoms with van der Waals surface area (Å²) in [7, 11) is 0. The fraction of sp³-hybridized carbons (Fsp3) is 0.875. The van der Waals surface area contributed by atoms with Gasteiger partial charge in [-0.05, 0) is 33.6 Å². The monoisotopic (exact) mass is 456 g/mol. The van der Waals surface area contributed by atoms with Crippen LogP contribution in [-0.2, 0) is 9.47 Å². The summed E-state index contributed by atoms with van der Waals surface area (Å²) in [4.78, 5) is 18.6. The number of guanidine groups is 1. The van der Waals surface area contributed by atoms with Crippen molar-refractivity contribution in [2.45, 2.75) is 58.6 Å². The second-order valence-corrected chi connectivity index (χ2v) is 6.89. The summed E-state index contributed by atoms with van der Waals surface area (Å²) in [5.41, 5.74) is 5.11. The van der Waals surface area contributed by atoms with Crippen molar-refractivity contribution in [3.63, 3.8) is 0 Å². The average molecular weight is 456 g/mol. The summed E-state index contributed by atoms with van der Waals surface area (Å²) in [6.07, 6.45) is 1.09. The molecule has 1 saturated heterocycles. The molecule has 0 saturated carbocycles. The summed E-state index contributed by atoms with van der Waals surface area (Å²) < 4.78 is 10.7. The lowest BCUT2D eigenvalue weighted by Gasteiger charge is -2.33. The third-order valence-electron chi connectivity index (χ3n) is 4.00. The molecule has 142 valence electrons. The van der Waals surface area contributed by atoms with Crippen LogP contribution in [0.25, 0.3) is 0 Å². The highest BCUT2D eigenvalue weighted by atomic mass is 127. The molecule has 1 amide bonds. The first-order chi connectivity index (χ1) is 10.7. The number of carbonyl (C=O) groups is 1. The van der Waals surface area contributed by atoms with E-state index in [2.05, 4.69) is 10.3 Å². The van der Waals surface area contributed by atoms with Crippen LogP contribution in [0.3, 0.4) is 0 Å². The van der Waals surface area contributed by atoms with Gasteiger partial charge in [-0.2, -0.15) is 0 Å². The van der Waals surface area contributed by atoms with Crippen molar-refractivity contribution in [1.29, 1.82) is 0 Å². The quantitative estimate of drug-likeness (QED) is 0.377. The van der Waals surface area contributed by atoms with Gasteiger partial charge in [-0.25, -0.2) is 4.79 Å². The Kier molecular flexibility index (Phi) is 9.94. The van der Waals surface area contributed by atoms with Crippen molar-refractivity contribution in [3.05, 3.63) is 0 Å². The molecule has 1 aliphatic rings. The van der Waals surface area contributed by atoms with E-state index in [-0.39, 0.29) is 24.0 Å². The summed E-state index contributed by atoms with van der Waals surface area (Å²) in [5.74, 6) is 0.505. The van der Waals surface area contributed by atoms with Crippen LogP contribution < -0.4 is 11.1 Å². The van der Waals surface area contributed by atoms with Crippen LogP contribution in [0.4, 0.5) is 4.79 Å². The van der Waals surface area contributed by atoms with E-state index in [1.165, 1.54) is 0 Å². The average Bonchev–Trinajstić information content (AvgIpc) is 2.50. The van der Waals surface area contributed by atoms with Gasteiger partial charge in [0.2, 0.25) is 0 Å². The van der Waals surface area contributed by atoms with Gasteiger partial charge in [0.15, 0.2) is 5.96 Å². The van der Waals surface area contributed by atoms with Crippen LogP contribution in [0.2, 0.25) is 0 Å². The molecular formula is C16H33IN4O3. The topological polar surface area (TPSA) is 89.2 Å². The van der Waals surface area contributed by atoms with Crippen molar-refractivity contribution >= 4 is 36.0 Å². The van der Waals surface area contributed by atoms with Gasteiger partial charge in [-0.1, -0.05) is 13.8 Å². The molecule has 0 radical (unpaired) electrons. The molecule has 3 N–H and O–H groups in total. The smallest absolute Gasteiger partial charge is 0.408 e. The number of halogens is 1. The number of rotatable bonds is 5. The second kappa shape index (κ2) is 10.3. The lowest BCUT2D eigenvalue weighted by molar-refractivity contribution is 0.0451. The van der Waals surface area contributed by atoms with Gasteiger partial charge in [-0.3, -0.25) is 4.99 Å². The zero-order valence-electron chi connectivity index (χ0n) is 15.6. The molecular weight excluding hydrogens is 423 g/mol. The van der Waals surface area contributed by atoms with Gasteiger partial charge in [0.1, 0.15) is 5.60 Å². The van der Waals surface area contributed by atoms with E-state index in [0.717, 1.165) is 25.9 Å². The zero-order chi connectivity index (χ0) is 17.5. The van der Waals surface area contributed by atoms with Crippen LogP contribution in [0.1, 0.15) is 47.5 Å². The molecule has 0 aromatic carbocycles. The molecule has 0 aromatic rings. The normalized spacial score (nSPS) is 16.4. The van der Waals surface area contributed by atoms with Crippen LogP contribution in [0.15, 0.2) is 4.99 Å². The van der Waals surface area contributed by atoms with Crippen LogP contribution >= 0.6 is 24.0 Å². The minimum atomic E-state index is -0.520. The zero-order valence-corrected chi connectivity index (χ0v) is 17.9. The first-order valence-corrected chi connectivity index (χ1v) is 8.35. The van der Waals surface area contributed by atoms with Crippen molar-refractivity contribution < 1.29 is 14.3 Å². The molecule has 0 spiro atoms. The number of nitrogens with two attached hydrogens (primary N) is 1. The number of ether oxygens (including phenoxy) is 2. The highest BCUT2D eigenvalue weighted by molar-refractivity contribution is 14.0. The molecule has 1 heterocycles. The van der Waals surface area contributed by atoms with Crippen molar-refractivity contribution in [1.82, 2.24) is 10.2 Å². The molecule has 0 aliphatic carbocycles. The molecule has 0 unspecified atom stereocenters. The number of morpholine rings is 1. The van der Waals surface area contributed by atoms with E-state index in [9.17, 15) is 4.79 Å². The van der Waals surface area contributed by atoms with Crippen LogP contribution in [-0.4, -0.2) is 60.9 Å². The standard InChI is InChI=1S/C16H32N4O3.HI/c1-6-16(7-2,19-14(21)23-15(3,4)5)12-18-13(17)20-8-10-22-11-9-20;/h6-12H2,1-5H3,(H2,17,18)(H,19,21);1H. The second-order valence-electron chi connectivity index (χ2n) is 6.89. The molecule has 1 aliphatic heterocycles. The molecule has 1 rings (SSSR count). The largest absolute Gasteiger partial charge is 0.444 e. The summed E-state index contributed by atoms with van der Waals surface area (Å²) in [6.45, 7) is 12.9. The van der Waals surface area contributed by atoms with Gasteiger partial charge in [-0.15, -0.1) is 24.0 Å². The Hall–Kier alpha value is -0.770. The highest BCUT2D eigenvalue weighted by Crippen LogP contribution is 2.18. The third kappa shape index (κ3) is 7.87. The van der Waals surface area contributed by atoms with E-state index >= 15 is 0 Å². The molecule has 0 aromatic heterocycles. The number of nitrogens with one attached hydrogen (secondary N) is 1. The number of nitrogens with zero attached hydrogens (tertiary/aromatic N) is 2. The molecule has 24 heavy (non-hydrogen) atoms. The van der Waals surface area contributed by atoms with Crippen molar-refractivity contribution in [3.8, 4) is 0 Å². The maximum atomic E-state index is 12.1. The molecule has 8 heteroatoms. The summed E-state index contributed by atoms with van der Waals surface area (Å²) >= 11 is 0. The lowest BCUT2D eigenvalue weighted by atomic mass is 9.93. The van der Waals surface area contributed by atoms with E-state index in [1.54, 1.807) is 0 Å². The number of hydrogen-bond acceptors (Lipinski definition) is 4. The van der Waals surface area contributed by atoms with E-state index in [1.807, 2.05) is 39.5 Å². The SMILES string of the molecule is CCC(CC)(CN=C(N)N1CCOCC1)NC(=O)OC(C)(C)C.I. The van der Waals surface area contributed by atoms with Gasteiger partial charge < -0.3 is 25.4 Å². The molecule has 1 fully saturated rings. The van der Waals surface area contributed by atoms with Crippen LogP contribution in [0.5, 0.6) is 0 Å². The Balaban J connectivity index is 0.00000529. The van der Waals surface area contributed by atoms with E-state index < -0.39 is 17.2 Å². The Morgan fingerprint density at radius 3 is 2.25 bits per heavy atom. The van der Waals surface area contributed by atoms with Gasteiger partial charge >= 0.3 is 6.09 Å². The molecule has 0 atom stereocenters. The van der Waals surface area contributed by atoms with Gasteiger partial charge in [0.25, 0.3) is 0 Å². The Bertz CT molecular complexity index is 414. The summed E-state index contributed by atoms with van der Waals surface area (Å²) in [6, 6.07) is 0. The minimum absolute atomic E-state index is 0. The predicted octanol–water partition coefficient (Wildman–Crippen LogP) is 2.33. The number of aliphatic imine (C=N–C) groups is 1. The minimum Gasteiger partial charge on any atom is -0.444 e. The summed E-state index contributed by atoms with van der Waals surface area (Å²) in [5, 5.41) is 2.98. The first-order valence-electron chi connectivity index (χ1n) is 8.35. The highest BCUT2D eigenvalue weighted by Gasteiger charge is 2.30. The Morgan fingerprint density at radius 2 is 1.79 bits per heavy atom. The third-order valence-corrected chi connectivity index (χ3v) is 4.00. The predicted molar refractivity (Wildman–Crippen MR) is 107 cm³/mol. The number of carbonyl (C=O) groups excluding carboxylic acids is 1. The first kappa shape index (κ1) is 23.2. The lowest BCUT2D eigenvalue weighted by Crippen LogP contribution is -2.52. The maximum Gasteiger partial charge on any atom is 0.408 e. The van der Waals surface area contributed by atoms with E-state index in [0.29, 0.717) is 25.7 Å². The Morgan fingerprint density at radius 1 is 1.25 bits per heavy atom. The van der Waals surface area contributed by atoms with Gasteiger partial charge in [0, 0.05) is 13.1 Å². The van der Waals surface area contributed by atoms with E-state index in [4.69, 9.17) is 15.2 Å². The molecule has 7 nitrogen and oxygen atoms in total. The number of hydrogen-bond donors (Lipinski definition) is 2. The maximum absolute atomic E-state index is 12.1. The van der Waals surface area contributed by atoms with Crippen LogP contribution in [0, 0.1) is 0 Å². The fourth-order valence-electron chi connectivity index (χ4n) is 2.33. The van der Waals surface area contributed by atoms with Crippen molar-refractivity contribution in [2.24, 2.45) is 10.7 Å². The number of amides is 1. The van der Waals surface area contributed by atoms with Crippen molar-refractivity contribution in [2.75, 3.05) is 32.8 Å². The fourth-order valence-corrected chi connectivity index (χ4v) is 2.33. The number of alkyl carbamates (subject to hydrolysis) is 1.